The first-order valence-corrected chi connectivity index (χ1v) is 39.7. The molecular weight excluding hydrogens is 1400 g/mol. The van der Waals surface area contributed by atoms with E-state index >= 15 is 0 Å². The Morgan fingerprint density at radius 1 is 0.261 bits per heavy atom. The molecule has 546 valence electrons. The van der Waals surface area contributed by atoms with Crippen LogP contribution in [0, 0.1) is 0 Å². The molecule has 3 aliphatic carbocycles. The normalized spacial score (nSPS) is 13.7. The van der Waals surface area contributed by atoms with Crippen molar-refractivity contribution in [1.82, 2.24) is 43.2 Å². The van der Waals surface area contributed by atoms with Crippen molar-refractivity contribution in [2.45, 2.75) is 57.8 Å². The lowest BCUT2D eigenvalue weighted by Crippen LogP contribution is -2.14. The van der Waals surface area contributed by atoms with Gasteiger partial charge >= 0.3 is 0 Å². The van der Waals surface area contributed by atoms with Crippen LogP contribution < -0.4 is 0 Å². The molecule has 24 rings (SSSR count). The molecule has 0 atom stereocenters. The highest BCUT2D eigenvalue weighted by molar-refractivity contribution is 6.12. The highest BCUT2D eigenvalue weighted by atomic mass is 15.2. The van der Waals surface area contributed by atoms with Gasteiger partial charge in [-0.3, -0.25) is 9.55 Å². The van der Waals surface area contributed by atoms with Crippen LogP contribution in [0.2, 0.25) is 0 Å². The van der Waals surface area contributed by atoms with Crippen molar-refractivity contribution < 1.29 is 0 Å². The van der Waals surface area contributed by atoms with E-state index in [1.54, 1.807) is 0 Å². The first kappa shape index (κ1) is 67.5. The smallest absolute Gasteiger partial charge is 0.235 e. The maximum absolute atomic E-state index is 5.33. The van der Waals surface area contributed by atoms with Gasteiger partial charge in [0.1, 0.15) is 11.6 Å². The Morgan fingerprint density at radius 3 is 1.31 bits per heavy atom. The lowest BCUT2D eigenvalue weighted by Gasteiger charge is -2.21. The molecule has 0 saturated heterocycles. The minimum Gasteiger partial charge on any atom is -0.309 e. The van der Waals surface area contributed by atoms with Gasteiger partial charge in [0, 0.05) is 107 Å². The summed E-state index contributed by atoms with van der Waals surface area (Å²) in [5, 5.41) is 10.7. The molecule has 0 saturated carbocycles. The Kier molecular flexibility index (Phi) is 15.2. The second kappa shape index (κ2) is 25.8. The van der Waals surface area contributed by atoms with Crippen LogP contribution in [0.4, 0.5) is 0 Å². The van der Waals surface area contributed by atoms with E-state index in [1.165, 1.54) is 127 Å². The van der Waals surface area contributed by atoms with Crippen molar-refractivity contribution in [1.29, 1.82) is 0 Å². The molecule has 0 bridgehead atoms. The van der Waals surface area contributed by atoms with Gasteiger partial charge in [0.25, 0.3) is 0 Å². The number of hydrogen-bond donors (Lipinski definition) is 0. The Balaban J connectivity index is 0.000000107. The zero-order valence-corrected chi connectivity index (χ0v) is 64.6. The first-order chi connectivity index (χ1) is 56.3. The standard InChI is InChI=1S/C43H30N4.C32H24N2.C31H23N3/c1-43(2)34-17-9-6-15-30(34)40-32-24-25-46(37(32)23-21-35(40)43)42-44-36-18-10-7-16-31(36)41(45-42)27-20-22-39-33(26-27)29-14-8-11-19-38(29)47(39)28-12-4-3-5-13-28;1-32(2)26-15-9-8-14-24(26)30-25-18-19-34(28(25)17-16-27(30)32)29-20-22-12-6-7-13-23(22)31(33-29)21-10-4-3-5-11-21;1-31(2)25-11-7-6-10-21(25)30-22-15-17-34(28(22)13-12-26(30)31)29-18-23(20-8-4-3-5-9-20)24-19-32-16-14-27(24)33-29/h3-26H,1-2H3;3-20H,1-2H3;3-19H,1-2H3. The molecule has 8 heterocycles. The van der Waals surface area contributed by atoms with E-state index in [-0.39, 0.29) is 16.2 Å². The van der Waals surface area contributed by atoms with Crippen LogP contribution in [-0.2, 0) is 16.2 Å². The summed E-state index contributed by atoms with van der Waals surface area (Å²) >= 11 is 0. The third kappa shape index (κ3) is 10.4. The Labute approximate surface area is 666 Å². The fraction of sp³-hybridized carbons (Fsp3) is 0.0849. The molecule has 0 spiro atoms. The van der Waals surface area contributed by atoms with E-state index < -0.39 is 0 Å². The minimum atomic E-state index is -0.0445. The van der Waals surface area contributed by atoms with Gasteiger partial charge in [0.15, 0.2) is 0 Å². The number of pyridine rings is 3. The number of aromatic nitrogens is 9. The van der Waals surface area contributed by atoms with Gasteiger partial charge in [-0.1, -0.05) is 278 Å². The molecule has 0 amide bonds. The van der Waals surface area contributed by atoms with Crippen molar-refractivity contribution >= 4 is 87.1 Å². The van der Waals surface area contributed by atoms with Crippen molar-refractivity contribution in [3.8, 4) is 90.3 Å². The van der Waals surface area contributed by atoms with E-state index in [2.05, 4.69) is 399 Å². The van der Waals surface area contributed by atoms with Crippen LogP contribution in [0.3, 0.4) is 0 Å². The van der Waals surface area contributed by atoms with Gasteiger partial charge in [-0.05, 0) is 174 Å². The fourth-order valence-corrected chi connectivity index (χ4v) is 19.4. The van der Waals surface area contributed by atoms with Gasteiger partial charge in [0.05, 0.1) is 50.0 Å². The van der Waals surface area contributed by atoms with Crippen LogP contribution >= 0.6 is 0 Å². The molecule has 13 aromatic carbocycles. The van der Waals surface area contributed by atoms with Crippen LogP contribution in [0.15, 0.2) is 359 Å². The number of rotatable bonds is 7. The highest BCUT2D eigenvalue weighted by Gasteiger charge is 2.40. The third-order valence-electron chi connectivity index (χ3n) is 25.0. The van der Waals surface area contributed by atoms with E-state index in [0.717, 1.165) is 78.3 Å². The van der Waals surface area contributed by atoms with Crippen LogP contribution in [0.25, 0.3) is 177 Å². The Hall–Kier alpha value is -14.4. The third-order valence-corrected chi connectivity index (χ3v) is 25.0. The molecule has 9 heteroatoms. The molecular formula is C106H77N9. The number of hydrogen-bond acceptors (Lipinski definition) is 5. The second-order valence-electron chi connectivity index (χ2n) is 32.3. The largest absolute Gasteiger partial charge is 0.309 e. The minimum absolute atomic E-state index is 0.00308. The topological polar surface area (TPSA) is 84.2 Å². The molecule has 9 nitrogen and oxygen atoms in total. The van der Waals surface area contributed by atoms with Gasteiger partial charge in [-0.15, -0.1) is 0 Å². The Bertz CT molecular complexity index is 7300. The monoisotopic (exact) mass is 1480 g/mol. The van der Waals surface area contributed by atoms with Crippen LogP contribution in [0.1, 0.15) is 74.9 Å². The van der Waals surface area contributed by atoms with Gasteiger partial charge in [0.2, 0.25) is 5.95 Å². The van der Waals surface area contributed by atoms with Gasteiger partial charge < -0.3 is 13.7 Å². The number of fused-ring (bicyclic) bond motifs is 21. The fourth-order valence-electron chi connectivity index (χ4n) is 19.4. The number of nitrogens with zero attached hydrogens (tertiary/aromatic N) is 9. The maximum Gasteiger partial charge on any atom is 0.235 e. The average Bonchev–Trinajstić information content (AvgIpc) is 1.57. The average molecular weight is 1480 g/mol. The number of para-hydroxylation sites is 3. The lowest BCUT2D eigenvalue weighted by atomic mass is 9.82. The van der Waals surface area contributed by atoms with E-state index in [0.29, 0.717) is 5.95 Å². The molecule has 0 N–H and O–H groups in total. The van der Waals surface area contributed by atoms with Gasteiger partial charge in [-0.2, -0.15) is 0 Å². The molecule has 0 aliphatic heterocycles. The summed E-state index contributed by atoms with van der Waals surface area (Å²) in [6, 6.07) is 117. The molecule has 3 aliphatic rings. The van der Waals surface area contributed by atoms with Crippen LogP contribution in [-0.4, -0.2) is 43.2 Å². The van der Waals surface area contributed by atoms with Crippen LogP contribution in [0.5, 0.6) is 0 Å². The van der Waals surface area contributed by atoms with Crippen molar-refractivity contribution in [2.75, 3.05) is 0 Å². The lowest BCUT2D eigenvalue weighted by molar-refractivity contribution is 0.660. The first-order valence-electron chi connectivity index (χ1n) is 39.7. The molecule has 0 unspecified atom stereocenters. The molecule has 0 radical (unpaired) electrons. The zero-order chi connectivity index (χ0) is 77.0. The zero-order valence-electron chi connectivity index (χ0n) is 64.6. The second-order valence-corrected chi connectivity index (χ2v) is 32.3. The summed E-state index contributed by atoms with van der Waals surface area (Å²) in [4.78, 5) is 25.1. The summed E-state index contributed by atoms with van der Waals surface area (Å²) in [6.07, 6.45) is 10.2. The molecule has 8 aromatic heterocycles. The van der Waals surface area contributed by atoms with E-state index in [9.17, 15) is 0 Å². The predicted molar refractivity (Wildman–Crippen MR) is 475 cm³/mol. The molecule has 21 aromatic rings. The van der Waals surface area contributed by atoms with E-state index in [1.807, 2.05) is 24.5 Å². The molecule has 115 heavy (non-hydrogen) atoms. The van der Waals surface area contributed by atoms with Crippen molar-refractivity contribution in [3.63, 3.8) is 0 Å². The summed E-state index contributed by atoms with van der Waals surface area (Å²) in [5.41, 5.74) is 31.6. The summed E-state index contributed by atoms with van der Waals surface area (Å²) in [6.45, 7) is 14.0. The predicted octanol–water partition coefficient (Wildman–Crippen LogP) is 26.3. The molecule has 0 fully saturated rings. The summed E-state index contributed by atoms with van der Waals surface area (Å²) < 4.78 is 8.96. The number of benzene rings is 13. The quantitative estimate of drug-likeness (QED) is 0.159. The summed E-state index contributed by atoms with van der Waals surface area (Å²) in [7, 11) is 0. The Morgan fingerprint density at radius 2 is 0.713 bits per heavy atom. The SMILES string of the molecule is CC1(C)c2ccccc2-c2c1ccc1c2ccn1-c1cc(-c2ccccc2)c2cnccc2n1.CC1(C)c2ccccc2-c2c1ccc1c2ccn1-c1cc2ccccc2c(-c2ccccc2)n1.CC1(C)c2ccccc2-c2c1ccc1c2ccn1-c1nc(-c2ccc3c(c2)c2ccccc2n3-c2ccccc2)c2ccccc2n1. The van der Waals surface area contributed by atoms with Gasteiger partial charge in [-0.25, -0.2) is 19.9 Å². The van der Waals surface area contributed by atoms with Crippen molar-refractivity contribution in [2.24, 2.45) is 0 Å². The van der Waals surface area contributed by atoms with E-state index in [4.69, 9.17) is 19.9 Å². The summed E-state index contributed by atoms with van der Waals surface area (Å²) in [5.74, 6) is 2.53. The highest BCUT2D eigenvalue weighted by Crippen LogP contribution is 2.55. The maximum atomic E-state index is 5.33. The van der Waals surface area contributed by atoms with Crippen molar-refractivity contribution in [3.05, 3.63) is 392 Å².